The van der Waals surface area contributed by atoms with Crippen LogP contribution in [0.3, 0.4) is 0 Å². The zero-order valence-corrected chi connectivity index (χ0v) is 22.5. The maximum Gasteiger partial charge on any atom is 0.232 e. The second-order valence-electron chi connectivity index (χ2n) is 8.65. The second-order valence-corrected chi connectivity index (χ2v) is 11.0. The Hall–Kier alpha value is -2.45. The summed E-state index contributed by atoms with van der Waals surface area (Å²) in [6.07, 6.45) is 1.67. The Bertz CT molecular complexity index is 1120. The number of aryl methyl sites for hydroxylation is 1. The van der Waals surface area contributed by atoms with E-state index in [0.29, 0.717) is 22.9 Å². The summed E-state index contributed by atoms with van der Waals surface area (Å²) in [4.78, 5) is 12.6. The molecule has 0 aromatic heterocycles. The third-order valence-electron chi connectivity index (χ3n) is 5.67. The molecule has 0 spiro atoms. The van der Waals surface area contributed by atoms with Crippen LogP contribution in [0.2, 0.25) is 5.02 Å². The summed E-state index contributed by atoms with van der Waals surface area (Å²) >= 11 is 6.17. The third-order valence-corrected chi connectivity index (χ3v) is 7.16. The van der Waals surface area contributed by atoms with Gasteiger partial charge in [-0.3, -0.25) is 9.10 Å². The Morgan fingerprint density at radius 3 is 2.24 bits per heavy atom. The van der Waals surface area contributed by atoms with Gasteiger partial charge in [0.2, 0.25) is 15.9 Å². The normalized spacial score (nSPS) is 12.4. The summed E-state index contributed by atoms with van der Waals surface area (Å²) in [5.74, 6) is 1.44. The Balaban J connectivity index is 2.06. The summed E-state index contributed by atoms with van der Waals surface area (Å²) in [7, 11) is -0.403. The number of hydrogen-bond acceptors (Lipinski definition) is 5. The van der Waals surface area contributed by atoms with Gasteiger partial charge in [-0.15, -0.1) is 0 Å². The van der Waals surface area contributed by atoms with E-state index in [4.69, 9.17) is 21.1 Å². The molecule has 0 bridgehead atoms. The molecule has 1 amide bonds. The number of rotatable bonds is 11. The first-order valence-electron chi connectivity index (χ1n) is 11.2. The van der Waals surface area contributed by atoms with Gasteiger partial charge in [0, 0.05) is 13.0 Å². The lowest BCUT2D eigenvalue weighted by Crippen LogP contribution is -2.32. The molecule has 0 unspecified atom stereocenters. The Morgan fingerprint density at radius 1 is 1.06 bits per heavy atom. The minimum absolute atomic E-state index is 0.143. The van der Waals surface area contributed by atoms with Gasteiger partial charge in [0.25, 0.3) is 0 Å². The van der Waals surface area contributed by atoms with Crippen molar-refractivity contribution in [1.29, 1.82) is 0 Å². The van der Waals surface area contributed by atoms with E-state index in [1.54, 1.807) is 25.3 Å². The number of amides is 1. The molecule has 2 rings (SSSR count). The summed E-state index contributed by atoms with van der Waals surface area (Å²) in [5, 5.41) is 3.35. The van der Waals surface area contributed by atoms with E-state index in [1.165, 1.54) is 11.4 Å². The van der Waals surface area contributed by atoms with Crippen LogP contribution >= 0.6 is 11.6 Å². The number of sulfonamides is 1. The molecule has 1 N–H and O–H groups in total. The number of anilines is 1. The number of carbonyl (C=O) groups excluding carboxylic acids is 1. The monoisotopic (exact) mass is 510 g/mol. The quantitative estimate of drug-likeness (QED) is 0.448. The fraction of sp³-hybridized carbons (Fsp3) is 0.480. The minimum atomic E-state index is -3.55. The zero-order chi connectivity index (χ0) is 25.6. The SMILES string of the molecule is COc1ccc(N(CCCC(=O)N[C@H](C)c2cc(C(C)C)c(OC)cc2C)S(C)(=O)=O)cc1Cl. The summed E-state index contributed by atoms with van der Waals surface area (Å²) in [6, 6.07) is 8.68. The maximum atomic E-state index is 12.6. The van der Waals surface area contributed by atoms with Crippen LogP contribution in [0.4, 0.5) is 5.69 Å². The van der Waals surface area contributed by atoms with E-state index in [2.05, 4.69) is 25.2 Å². The molecule has 7 nitrogen and oxygen atoms in total. The minimum Gasteiger partial charge on any atom is -0.496 e. The number of hydrogen-bond donors (Lipinski definition) is 1. The third kappa shape index (κ3) is 7.03. The number of nitrogens with zero attached hydrogens (tertiary/aromatic N) is 1. The standard InChI is InChI=1S/C25H35ClN2O5S/c1-16(2)20-15-21(17(3)13-24(20)33-6)18(4)27-25(29)9-8-12-28(34(7,30)31)19-10-11-23(32-5)22(26)14-19/h10-11,13-16,18H,8-9,12H2,1-7H3,(H,27,29)/t18-/m1/s1. The van der Waals surface area contributed by atoms with E-state index < -0.39 is 10.0 Å². The van der Waals surface area contributed by atoms with E-state index >= 15 is 0 Å². The molecule has 0 aliphatic rings. The van der Waals surface area contributed by atoms with Gasteiger partial charge in [-0.1, -0.05) is 25.4 Å². The molecule has 2 aromatic carbocycles. The van der Waals surface area contributed by atoms with Crippen molar-refractivity contribution in [2.24, 2.45) is 0 Å². The van der Waals surface area contributed by atoms with Crippen LogP contribution in [-0.2, 0) is 14.8 Å². The predicted octanol–water partition coefficient (Wildman–Crippen LogP) is 5.21. The molecule has 0 heterocycles. The van der Waals surface area contributed by atoms with Crippen molar-refractivity contribution in [3.05, 3.63) is 52.0 Å². The van der Waals surface area contributed by atoms with Gasteiger partial charge in [0.05, 0.1) is 37.2 Å². The second kappa shape index (κ2) is 11.8. The number of ether oxygens (including phenoxy) is 2. The Morgan fingerprint density at radius 2 is 1.71 bits per heavy atom. The van der Waals surface area contributed by atoms with E-state index in [1.807, 2.05) is 19.9 Å². The summed E-state index contributed by atoms with van der Waals surface area (Å²) in [5.41, 5.74) is 3.58. The fourth-order valence-electron chi connectivity index (χ4n) is 3.88. The largest absolute Gasteiger partial charge is 0.496 e. The molecule has 0 saturated carbocycles. The molecule has 2 aromatic rings. The molecule has 0 radical (unpaired) electrons. The molecular weight excluding hydrogens is 476 g/mol. The number of halogens is 1. The molecular formula is C25H35ClN2O5S. The van der Waals surface area contributed by atoms with Gasteiger partial charge in [-0.25, -0.2) is 8.42 Å². The van der Waals surface area contributed by atoms with Crippen molar-refractivity contribution in [1.82, 2.24) is 5.32 Å². The topological polar surface area (TPSA) is 84.9 Å². The Kier molecular flexibility index (Phi) is 9.64. The van der Waals surface area contributed by atoms with Crippen molar-refractivity contribution in [3.63, 3.8) is 0 Å². The highest BCUT2D eigenvalue weighted by Gasteiger charge is 2.20. The van der Waals surface area contributed by atoms with Crippen LogP contribution in [-0.4, -0.2) is 41.3 Å². The van der Waals surface area contributed by atoms with Crippen molar-refractivity contribution in [2.45, 2.75) is 52.5 Å². The van der Waals surface area contributed by atoms with E-state index in [9.17, 15) is 13.2 Å². The van der Waals surface area contributed by atoms with Crippen LogP contribution in [0.5, 0.6) is 11.5 Å². The first-order chi connectivity index (χ1) is 15.9. The number of methoxy groups -OCH3 is 2. The average Bonchev–Trinajstić information content (AvgIpc) is 2.75. The average molecular weight is 511 g/mol. The number of nitrogens with one attached hydrogen (secondary N) is 1. The van der Waals surface area contributed by atoms with Gasteiger partial charge in [-0.2, -0.15) is 0 Å². The predicted molar refractivity (Wildman–Crippen MR) is 138 cm³/mol. The van der Waals surface area contributed by atoms with Crippen molar-refractivity contribution >= 4 is 33.2 Å². The highest BCUT2D eigenvalue weighted by Crippen LogP contribution is 2.32. The lowest BCUT2D eigenvalue weighted by Gasteiger charge is -2.23. The van der Waals surface area contributed by atoms with Crippen molar-refractivity contribution < 1.29 is 22.7 Å². The molecule has 1 atom stereocenters. The van der Waals surface area contributed by atoms with Gasteiger partial charge in [0.15, 0.2) is 0 Å². The summed E-state index contributed by atoms with van der Waals surface area (Å²) in [6.45, 7) is 8.30. The van der Waals surface area contributed by atoms with E-state index in [0.717, 1.165) is 28.7 Å². The van der Waals surface area contributed by atoms with Crippen LogP contribution in [0.1, 0.15) is 62.3 Å². The zero-order valence-electron chi connectivity index (χ0n) is 20.9. The van der Waals surface area contributed by atoms with Gasteiger partial charge in [-0.05, 0) is 73.2 Å². The first kappa shape index (κ1) is 27.8. The van der Waals surface area contributed by atoms with Gasteiger partial charge < -0.3 is 14.8 Å². The van der Waals surface area contributed by atoms with E-state index in [-0.39, 0.29) is 30.8 Å². The fourth-order valence-corrected chi connectivity index (χ4v) is 5.09. The summed E-state index contributed by atoms with van der Waals surface area (Å²) < 4.78 is 36.6. The molecule has 34 heavy (non-hydrogen) atoms. The highest BCUT2D eigenvalue weighted by atomic mass is 35.5. The molecule has 9 heteroatoms. The van der Waals surface area contributed by atoms with Crippen LogP contribution in [0.15, 0.2) is 30.3 Å². The molecule has 0 aliphatic carbocycles. The van der Waals surface area contributed by atoms with Crippen molar-refractivity contribution in [2.75, 3.05) is 31.3 Å². The lowest BCUT2D eigenvalue weighted by molar-refractivity contribution is -0.121. The van der Waals surface area contributed by atoms with Gasteiger partial charge >= 0.3 is 0 Å². The van der Waals surface area contributed by atoms with Crippen LogP contribution < -0.4 is 19.1 Å². The number of benzene rings is 2. The van der Waals surface area contributed by atoms with Crippen LogP contribution in [0, 0.1) is 6.92 Å². The molecule has 0 saturated heterocycles. The molecule has 0 fully saturated rings. The first-order valence-corrected chi connectivity index (χ1v) is 13.4. The van der Waals surface area contributed by atoms with Crippen molar-refractivity contribution in [3.8, 4) is 11.5 Å². The highest BCUT2D eigenvalue weighted by molar-refractivity contribution is 7.92. The maximum absolute atomic E-state index is 12.6. The molecule has 0 aliphatic heterocycles. The van der Waals surface area contributed by atoms with Crippen LogP contribution in [0.25, 0.3) is 0 Å². The van der Waals surface area contributed by atoms with Gasteiger partial charge in [0.1, 0.15) is 11.5 Å². The molecule has 188 valence electrons. The number of carbonyl (C=O) groups is 1. The Labute approximate surface area is 208 Å². The smallest absolute Gasteiger partial charge is 0.232 e. The lowest BCUT2D eigenvalue weighted by atomic mass is 9.93.